The SMILES string of the molecule is COc1cccc(/C=C/C(=O)N2CCN(CC(=O)Nc3ccccc3)CC2)c1. The first-order valence-electron chi connectivity index (χ1n) is 9.32. The second-order valence-electron chi connectivity index (χ2n) is 6.63. The summed E-state index contributed by atoms with van der Waals surface area (Å²) in [5.74, 6) is 0.706. The fraction of sp³-hybridized carbons (Fsp3) is 0.273. The number of methoxy groups -OCH3 is 1. The smallest absolute Gasteiger partial charge is 0.246 e. The van der Waals surface area contributed by atoms with Gasteiger partial charge in [0.2, 0.25) is 11.8 Å². The Hall–Kier alpha value is -3.12. The number of para-hydroxylation sites is 1. The van der Waals surface area contributed by atoms with E-state index in [9.17, 15) is 9.59 Å². The summed E-state index contributed by atoms with van der Waals surface area (Å²) in [5, 5.41) is 2.89. The molecule has 1 aliphatic rings. The lowest BCUT2D eigenvalue weighted by Crippen LogP contribution is -2.50. The number of benzene rings is 2. The molecule has 1 saturated heterocycles. The minimum Gasteiger partial charge on any atom is -0.497 e. The summed E-state index contributed by atoms with van der Waals surface area (Å²) in [7, 11) is 1.62. The van der Waals surface area contributed by atoms with Gasteiger partial charge in [-0.15, -0.1) is 0 Å². The minimum absolute atomic E-state index is 0.0174. The number of amides is 2. The number of hydrogen-bond donors (Lipinski definition) is 1. The maximum Gasteiger partial charge on any atom is 0.246 e. The summed E-state index contributed by atoms with van der Waals surface area (Å²) in [4.78, 5) is 28.4. The highest BCUT2D eigenvalue weighted by Crippen LogP contribution is 2.14. The summed E-state index contributed by atoms with van der Waals surface area (Å²) in [6.45, 7) is 2.91. The van der Waals surface area contributed by atoms with E-state index in [1.165, 1.54) is 0 Å². The van der Waals surface area contributed by atoms with Gasteiger partial charge < -0.3 is 15.0 Å². The van der Waals surface area contributed by atoms with Crippen LogP contribution in [-0.2, 0) is 9.59 Å². The van der Waals surface area contributed by atoms with E-state index in [0.717, 1.165) is 17.0 Å². The van der Waals surface area contributed by atoms with Gasteiger partial charge in [0.25, 0.3) is 0 Å². The van der Waals surface area contributed by atoms with Gasteiger partial charge in [0.15, 0.2) is 0 Å². The van der Waals surface area contributed by atoms with Crippen molar-refractivity contribution in [1.29, 1.82) is 0 Å². The summed E-state index contributed by atoms with van der Waals surface area (Å²) < 4.78 is 5.19. The third-order valence-electron chi connectivity index (χ3n) is 4.62. The molecular formula is C22H25N3O3. The summed E-state index contributed by atoms with van der Waals surface area (Å²) >= 11 is 0. The molecule has 2 amide bonds. The number of rotatable bonds is 6. The zero-order valence-electron chi connectivity index (χ0n) is 16.0. The first-order chi connectivity index (χ1) is 13.6. The molecule has 0 aliphatic carbocycles. The van der Waals surface area contributed by atoms with Crippen molar-refractivity contribution in [3.8, 4) is 5.75 Å². The monoisotopic (exact) mass is 379 g/mol. The van der Waals surface area contributed by atoms with Crippen LogP contribution < -0.4 is 10.1 Å². The van der Waals surface area contributed by atoms with Crippen LogP contribution in [0, 0.1) is 0 Å². The first-order valence-corrected chi connectivity index (χ1v) is 9.32. The second-order valence-corrected chi connectivity index (χ2v) is 6.63. The molecule has 0 radical (unpaired) electrons. The second kappa shape index (κ2) is 9.71. The van der Waals surface area contributed by atoms with E-state index < -0.39 is 0 Å². The number of piperazine rings is 1. The molecule has 6 nitrogen and oxygen atoms in total. The van der Waals surface area contributed by atoms with Crippen molar-refractivity contribution in [2.75, 3.05) is 45.2 Å². The predicted octanol–water partition coefficient (Wildman–Crippen LogP) is 2.49. The molecule has 3 rings (SSSR count). The molecule has 1 aliphatic heterocycles. The van der Waals surface area contributed by atoms with Gasteiger partial charge in [-0.25, -0.2) is 0 Å². The number of carbonyl (C=O) groups excluding carboxylic acids is 2. The molecule has 1 N–H and O–H groups in total. The van der Waals surface area contributed by atoms with Crippen LogP contribution in [0.2, 0.25) is 0 Å². The molecule has 1 heterocycles. The molecule has 2 aromatic rings. The standard InChI is InChI=1S/C22H25N3O3/c1-28-20-9-5-6-18(16-20)10-11-22(27)25-14-12-24(13-15-25)17-21(26)23-19-7-3-2-4-8-19/h2-11,16H,12-15,17H2,1H3,(H,23,26)/b11-10+. The van der Waals surface area contributed by atoms with Crippen LogP contribution in [0.1, 0.15) is 5.56 Å². The highest BCUT2D eigenvalue weighted by Gasteiger charge is 2.21. The Morgan fingerprint density at radius 3 is 2.50 bits per heavy atom. The number of ether oxygens (including phenoxy) is 1. The Balaban J connectivity index is 1.44. The number of carbonyl (C=O) groups is 2. The largest absolute Gasteiger partial charge is 0.497 e. The van der Waals surface area contributed by atoms with Crippen LogP contribution in [0.5, 0.6) is 5.75 Å². The Kier molecular flexibility index (Phi) is 6.81. The van der Waals surface area contributed by atoms with Crippen molar-refractivity contribution < 1.29 is 14.3 Å². The topological polar surface area (TPSA) is 61.9 Å². The van der Waals surface area contributed by atoms with E-state index in [-0.39, 0.29) is 11.8 Å². The fourth-order valence-electron chi connectivity index (χ4n) is 3.07. The quantitative estimate of drug-likeness (QED) is 0.784. The van der Waals surface area contributed by atoms with Crippen LogP contribution in [0.4, 0.5) is 5.69 Å². The average Bonchev–Trinajstić information content (AvgIpc) is 2.73. The van der Waals surface area contributed by atoms with Crippen LogP contribution >= 0.6 is 0 Å². The highest BCUT2D eigenvalue weighted by molar-refractivity contribution is 5.93. The van der Waals surface area contributed by atoms with Gasteiger partial charge in [0.1, 0.15) is 5.75 Å². The van der Waals surface area contributed by atoms with Crippen molar-refractivity contribution in [1.82, 2.24) is 9.80 Å². The molecule has 146 valence electrons. The maximum atomic E-state index is 12.4. The van der Waals surface area contributed by atoms with Crippen LogP contribution in [0.25, 0.3) is 6.08 Å². The molecule has 6 heteroatoms. The van der Waals surface area contributed by atoms with Crippen LogP contribution in [0.3, 0.4) is 0 Å². The molecule has 0 spiro atoms. The lowest BCUT2D eigenvalue weighted by molar-refractivity contribution is -0.127. The third kappa shape index (κ3) is 5.69. The molecule has 0 aromatic heterocycles. The predicted molar refractivity (Wildman–Crippen MR) is 110 cm³/mol. The number of hydrogen-bond acceptors (Lipinski definition) is 4. The molecule has 28 heavy (non-hydrogen) atoms. The number of nitrogens with one attached hydrogen (secondary N) is 1. The van der Waals surface area contributed by atoms with Crippen molar-refractivity contribution in [2.45, 2.75) is 0 Å². The number of nitrogens with zero attached hydrogens (tertiary/aromatic N) is 2. The Morgan fingerprint density at radius 2 is 1.79 bits per heavy atom. The minimum atomic E-state index is -0.0381. The first kappa shape index (κ1) is 19.6. The lowest BCUT2D eigenvalue weighted by Gasteiger charge is -2.33. The average molecular weight is 379 g/mol. The van der Waals surface area contributed by atoms with Gasteiger partial charge in [-0.2, -0.15) is 0 Å². The fourth-order valence-corrected chi connectivity index (χ4v) is 3.07. The Morgan fingerprint density at radius 1 is 1.04 bits per heavy atom. The normalized spacial score (nSPS) is 14.8. The van der Waals surface area contributed by atoms with E-state index in [1.54, 1.807) is 19.3 Å². The van der Waals surface area contributed by atoms with E-state index in [4.69, 9.17) is 4.74 Å². The molecule has 0 atom stereocenters. The summed E-state index contributed by atoms with van der Waals surface area (Å²) in [6, 6.07) is 17.0. The van der Waals surface area contributed by atoms with Gasteiger partial charge in [0.05, 0.1) is 13.7 Å². The van der Waals surface area contributed by atoms with Gasteiger partial charge in [0, 0.05) is 37.9 Å². The van der Waals surface area contributed by atoms with E-state index >= 15 is 0 Å². The maximum absolute atomic E-state index is 12.4. The molecule has 1 fully saturated rings. The highest BCUT2D eigenvalue weighted by atomic mass is 16.5. The molecule has 0 bridgehead atoms. The van der Waals surface area contributed by atoms with Gasteiger partial charge in [-0.05, 0) is 35.9 Å². The van der Waals surface area contributed by atoms with E-state index in [2.05, 4.69) is 10.2 Å². The summed E-state index contributed by atoms with van der Waals surface area (Å²) in [6.07, 6.45) is 3.39. The van der Waals surface area contributed by atoms with Crippen molar-refractivity contribution >= 4 is 23.6 Å². The van der Waals surface area contributed by atoms with E-state index in [0.29, 0.717) is 32.7 Å². The molecule has 0 unspecified atom stereocenters. The van der Waals surface area contributed by atoms with Gasteiger partial charge >= 0.3 is 0 Å². The Bertz CT molecular complexity index is 828. The third-order valence-corrected chi connectivity index (χ3v) is 4.62. The zero-order valence-corrected chi connectivity index (χ0v) is 16.0. The van der Waals surface area contributed by atoms with Gasteiger partial charge in [-0.1, -0.05) is 30.3 Å². The number of anilines is 1. The van der Waals surface area contributed by atoms with E-state index in [1.807, 2.05) is 59.5 Å². The van der Waals surface area contributed by atoms with Crippen molar-refractivity contribution in [3.05, 3.63) is 66.2 Å². The lowest BCUT2D eigenvalue weighted by atomic mass is 10.2. The van der Waals surface area contributed by atoms with Gasteiger partial charge in [-0.3, -0.25) is 14.5 Å². The molecule has 0 saturated carbocycles. The Labute approximate surface area is 165 Å². The molecular weight excluding hydrogens is 354 g/mol. The summed E-state index contributed by atoms with van der Waals surface area (Å²) in [5.41, 5.74) is 1.72. The zero-order chi connectivity index (χ0) is 19.8. The van der Waals surface area contributed by atoms with Crippen molar-refractivity contribution in [2.24, 2.45) is 0 Å². The van der Waals surface area contributed by atoms with Crippen molar-refractivity contribution in [3.63, 3.8) is 0 Å². The van der Waals surface area contributed by atoms with Crippen LogP contribution in [0.15, 0.2) is 60.7 Å². The molecule has 2 aromatic carbocycles. The van der Waals surface area contributed by atoms with Crippen LogP contribution in [-0.4, -0.2) is 61.4 Å².